The number of nitrogens with zero attached hydrogens (tertiary/aromatic N) is 4. The Labute approximate surface area is 122 Å². The van der Waals surface area contributed by atoms with Crippen LogP contribution >= 0.6 is 0 Å². The first-order valence-electron chi connectivity index (χ1n) is 6.82. The smallest absolute Gasteiger partial charge is 0.182 e. The van der Waals surface area contributed by atoms with Gasteiger partial charge in [0.25, 0.3) is 0 Å². The molecule has 5 heteroatoms. The van der Waals surface area contributed by atoms with Crippen LogP contribution < -0.4 is 0 Å². The Hall–Kier alpha value is -2.56. The van der Waals surface area contributed by atoms with Crippen LogP contribution in [-0.4, -0.2) is 9.38 Å². The molecule has 0 aliphatic heterocycles. The molecular weight excluding hydrogens is 267 g/mol. The molecule has 0 N–H and O–H groups in total. The molecule has 0 radical (unpaired) electrons. The third kappa shape index (κ3) is 2.67. The summed E-state index contributed by atoms with van der Waals surface area (Å²) in [6, 6.07) is 10.9. The van der Waals surface area contributed by atoms with Gasteiger partial charge in [-0.25, -0.2) is 9.37 Å². The lowest BCUT2D eigenvalue weighted by Gasteiger charge is -1.98. The molecule has 4 nitrogen and oxygen atoms in total. The van der Waals surface area contributed by atoms with E-state index in [-0.39, 0.29) is 5.82 Å². The molecule has 0 saturated carbocycles. The lowest BCUT2D eigenvalue weighted by atomic mass is 10.2. The van der Waals surface area contributed by atoms with Gasteiger partial charge in [0.1, 0.15) is 11.5 Å². The van der Waals surface area contributed by atoms with Crippen LogP contribution in [0.4, 0.5) is 15.9 Å². The van der Waals surface area contributed by atoms with Crippen molar-refractivity contribution in [1.82, 2.24) is 9.38 Å². The summed E-state index contributed by atoms with van der Waals surface area (Å²) in [5.74, 6) is 0.215. The minimum atomic E-state index is -0.330. The summed E-state index contributed by atoms with van der Waals surface area (Å²) in [4.78, 5) is 4.34. The van der Waals surface area contributed by atoms with Gasteiger partial charge >= 0.3 is 0 Å². The molecule has 1 aromatic carbocycles. The Bertz CT molecular complexity index is 803. The Kier molecular flexibility index (Phi) is 3.48. The fourth-order valence-corrected chi connectivity index (χ4v) is 2.15. The minimum absolute atomic E-state index is 0.330. The van der Waals surface area contributed by atoms with Gasteiger partial charge in [-0.3, -0.25) is 4.40 Å². The Balaban J connectivity index is 1.98. The first kappa shape index (κ1) is 13.4. The molecule has 21 heavy (non-hydrogen) atoms. The van der Waals surface area contributed by atoms with Crippen molar-refractivity contribution < 1.29 is 4.39 Å². The zero-order chi connectivity index (χ0) is 14.8. The lowest BCUT2D eigenvalue weighted by molar-refractivity contribution is 0.619. The van der Waals surface area contributed by atoms with Gasteiger partial charge in [-0.2, -0.15) is 0 Å². The predicted molar refractivity (Wildman–Crippen MR) is 79.9 cm³/mol. The fourth-order valence-electron chi connectivity index (χ4n) is 2.15. The monoisotopic (exact) mass is 282 g/mol. The van der Waals surface area contributed by atoms with Gasteiger partial charge < -0.3 is 0 Å². The Morgan fingerprint density at radius 2 is 1.86 bits per heavy atom. The molecule has 3 rings (SSSR count). The minimum Gasteiger partial charge on any atom is -0.280 e. The second-order valence-corrected chi connectivity index (χ2v) is 4.82. The van der Waals surface area contributed by atoms with Gasteiger partial charge in [0, 0.05) is 6.20 Å². The van der Waals surface area contributed by atoms with E-state index in [1.807, 2.05) is 31.2 Å². The summed E-state index contributed by atoms with van der Waals surface area (Å²) < 4.78 is 15.0. The molecule has 0 fully saturated rings. The van der Waals surface area contributed by atoms with Crippen LogP contribution in [0.5, 0.6) is 0 Å². The Morgan fingerprint density at radius 1 is 1.10 bits per heavy atom. The number of fused-ring (bicyclic) bond motifs is 1. The number of halogens is 1. The van der Waals surface area contributed by atoms with Crippen molar-refractivity contribution in [3.05, 3.63) is 59.7 Å². The first-order valence-corrected chi connectivity index (χ1v) is 6.82. The fraction of sp³-hybridized carbons (Fsp3) is 0.188. The van der Waals surface area contributed by atoms with E-state index in [0.29, 0.717) is 11.5 Å². The highest BCUT2D eigenvalue weighted by molar-refractivity contribution is 5.51. The van der Waals surface area contributed by atoms with E-state index < -0.39 is 0 Å². The largest absolute Gasteiger partial charge is 0.280 e. The van der Waals surface area contributed by atoms with E-state index in [0.717, 1.165) is 17.8 Å². The molecule has 0 aliphatic carbocycles. The number of benzene rings is 1. The van der Waals surface area contributed by atoms with Crippen molar-refractivity contribution in [3.63, 3.8) is 0 Å². The highest BCUT2D eigenvalue weighted by Crippen LogP contribution is 2.24. The van der Waals surface area contributed by atoms with E-state index in [2.05, 4.69) is 22.1 Å². The highest BCUT2D eigenvalue weighted by Gasteiger charge is 2.08. The summed E-state index contributed by atoms with van der Waals surface area (Å²) >= 11 is 0. The van der Waals surface area contributed by atoms with Crippen molar-refractivity contribution >= 4 is 17.2 Å². The van der Waals surface area contributed by atoms with Crippen LogP contribution in [0.25, 0.3) is 5.65 Å². The summed E-state index contributed by atoms with van der Waals surface area (Å²) in [6.45, 7) is 3.94. The average molecular weight is 282 g/mol. The maximum absolute atomic E-state index is 13.4. The molecule has 0 saturated heterocycles. The number of hydrogen-bond donors (Lipinski definition) is 0. The molecule has 0 bridgehead atoms. The third-order valence-electron chi connectivity index (χ3n) is 3.33. The summed E-state index contributed by atoms with van der Waals surface area (Å²) in [7, 11) is 0. The zero-order valence-corrected chi connectivity index (χ0v) is 11.9. The number of rotatable bonds is 3. The molecule has 0 unspecified atom stereocenters. The summed E-state index contributed by atoms with van der Waals surface area (Å²) in [5, 5.41) is 8.43. The van der Waals surface area contributed by atoms with Crippen LogP contribution in [0, 0.1) is 12.7 Å². The molecule has 106 valence electrons. The zero-order valence-electron chi connectivity index (χ0n) is 11.9. The van der Waals surface area contributed by atoms with E-state index >= 15 is 0 Å². The first-order chi connectivity index (χ1) is 10.2. The van der Waals surface area contributed by atoms with E-state index in [1.165, 1.54) is 17.8 Å². The van der Waals surface area contributed by atoms with Gasteiger partial charge in [0.05, 0.1) is 11.4 Å². The predicted octanol–water partition coefficient (Wildman–Crippen LogP) is 4.76. The molecule has 0 aliphatic rings. The van der Waals surface area contributed by atoms with Crippen molar-refractivity contribution in [2.24, 2.45) is 10.2 Å². The topological polar surface area (TPSA) is 42.0 Å². The maximum Gasteiger partial charge on any atom is 0.182 e. The number of aromatic nitrogens is 2. The van der Waals surface area contributed by atoms with Crippen LogP contribution in [0.3, 0.4) is 0 Å². The third-order valence-corrected chi connectivity index (χ3v) is 3.33. The van der Waals surface area contributed by atoms with Crippen molar-refractivity contribution in [2.75, 3.05) is 0 Å². The van der Waals surface area contributed by atoms with Gasteiger partial charge in [-0.05, 0) is 43.2 Å². The lowest BCUT2D eigenvalue weighted by Crippen LogP contribution is -1.85. The number of pyridine rings is 1. The molecular formula is C16H15FN4. The normalized spacial score (nSPS) is 11.6. The van der Waals surface area contributed by atoms with Gasteiger partial charge in [-0.15, -0.1) is 10.2 Å². The van der Waals surface area contributed by atoms with Crippen LogP contribution in [-0.2, 0) is 6.42 Å². The van der Waals surface area contributed by atoms with Crippen LogP contribution in [0.1, 0.15) is 18.2 Å². The standard InChI is InChI=1S/C16H15FN4/c1-3-12-4-7-14(8-5-12)19-20-16-11(2)18-15-9-6-13(17)10-21(15)16/h4-10H,3H2,1-2H3. The molecule has 0 atom stereocenters. The summed E-state index contributed by atoms with van der Waals surface area (Å²) in [6.07, 6.45) is 2.35. The van der Waals surface area contributed by atoms with Gasteiger partial charge in [0.15, 0.2) is 5.82 Å². The van der Waals surface area contributed by atoms with Crippen LogP contribution in [0.15, 0.2) is 52.8 Å². The Morgan fingerprint density at radius 3 is 2.57 bits per heavy atom. The number of azo groups is 1. The van der Waals surface area contributed by atoms with Crippen molar-refractivity contribution in [3.8, 4) is 0 Å². The van der Waals surface area contributed by atoms with Crippen molar-refractivity contribution in [2.45, 2.75) is 20.3 Å². The SMILES string of the molecule is CCc1ccc(N=Nc2c(C)nc3ccc(F)cn23)cc1. The molecule has 2 heterocycles. The number of imidazole rings is 1. The molecule has 3 aromatic rings. The second kappa shape index (κ2) is 5.44. The van der Waals surface area contributed by atoms with Gasteiger partial charge in [-0.1, -0.05) is 19.1 Å². The quantitative estimate of drug-likeness (QED) is 0.638. The number of aryl methyl sites for hydroxylation is 2. The van der Waals surface area contributed by atoms with E-state index in [1.54, 1.807) is 10.5 Å². The van der Waals surface area contributed by atoms with E-state index in [9.17, 15) is 4.39 Å². The van der Waals surface area contributed by atoms with E-state index in [4.69, 9.17) is 0 Å². The second-order valence-electron chi connectivity index (χ2n) is 4.82. The number of hydrogen-bond acceptors (Lipinski definition) is 3. The summed E-state index contributed by atoms with van der Waals surface area (Å²) in [5.41, 5.74) is 3.39. The van der Waals surface area contributed by atoms with Crippen LogP contribution in [0.2, 0.25) is 0 Å². The van der Waals surface area contributed by atoms with Gasteiger partial charge in [0.2, 0.25) is 0 Å². The molecule has 0 spiro atoms. The highest BCUT2D eigenvalue weighted by atomic mass is 19.1. The average Bonchev–Trinajstić information content (AvgIpc) is 2.80. The molecule has 2 aromatic heterocycles. The maximum atomic E-state index is 13.4. The molecule has 0 amide bonds. The van der Waals surface area contributed by atoms with Crippen molar-refractivity contribution in [1.29, 1.82) is 0 Å².